The Morgan fingerprint density at radius 2 is 1.11 bits per heavy atom. The SMILES string of the molecule is OCC(CC(CO)c1ccncc1)c1ccncc1. The average Bonchev–Trinajstić information content (AvgIpc) is 2.50. The van der Waals surface area contributed by atoms with E-state index in [-0.39, 0.29) is 25.0 Å². The van der Waals surface area contributed by atoms with Crippen LogP contribution < -0.4 is 0 Å². The van der Waals surface area contributed by atoms with Crippen molar-refractivity contribution in [1.82, 2.24) is 9.97 Å². The molecule has 0 radical (unpaired) electrons. The standard InChI is InChI=1S/C15H18N2O2/c18-10-14(12-1-5-16-6-2-12)9-15(11-19)13-3-7-17-8-4-13/h1-8,14-15,18-19H,9-11H2. The fourth-order valence-corrected chi connectivity index (χ4v) is 2.25. The summed E-state index contributed by atoms with van der Waals surface area (Å²) < 4.78 is 0. The van der Waals surface area contributed by atoms with Gasteiger partial charge in [-0.2, -0.15) is 0 Å². The Bertz CT molecular complexity index is 431. The minimum Gasteiger partial charge on any atom is -0.396 e. The maximum absolute atomic E-state index is 9.56. The molecule has 0 bridgehead atoms. The molecule has 19 heavy (non-hydrogen) atoms. The fraction of sp³-hybridized carbons (Fsp3) is 0.333. The van der Waals surface area contributed by atoms with Crippen LogP contribution in [0.4, 0.5) is 0 Å². The second kappa shape index (κ2) is 6.97. The van der Waals surface area contributed by atoms with Crippen LogP contribution in [0.3, 0.4) is 0 Å². The Labute approximate surface area is 112 Å². The second-order valence-electron chi connectivity index (χ2n) is 4.56. The van der Waals surface area contributed by atoms with Gasteiger partial charge in [-0.15, -0.1) is 0 Å². The fourth-order valence-electron chi connectivity index (χ4n) is 2.25. The molecule has 2 N–H and O–H groups in total. The molecule has 0 aliphatic heterocycles. The molecule has 4 heteroatoms. The van der Waals surface area contributed by atoms with Gasteiger partial charge >= 0.3 is 0 Å². The van der Waals surface area contributed by atoms with Crippen molar-refractivity contribution in [2.45, 2.75) is 18.3 Å². The largest absolute Gasteiger partial charge is 0.396 e. The number of nitrogens with zero attached hydrogens (tertiary/aromatic N) is 2. The van der Waals surface area contributed by atoms with Crippen LogP contribution in [0.15, 0.2) is 49.1 Å². The van der Waals surface area contributed by atoms with E-state index in [1.165, 1.54) is 0 Å². The first-order valence-electron chi connectivity index (χ1n) is 6.36. The van der Waals surface area contributed by atoms with E-state index in [0.717, 1.165) is 11.1 Å². The van der Waals surface area contributed by atoms with Crippen molar-refractivity contribution in [3.05, 3.63) is 60.2 Å². The normalized spacial score (nSPS) is 14.0. The van der Waals surface area contributed by atoms with E-state index in [9.17, 15) is 10.2 Å². The maximum atomic E-state index is 9.56. The quantitative estimate of drug-likeness (QED) is 0.828. The molecule has 2 heterocycles. The van der Waals surface area contributed by atoms with E-state index in [1.807, 2.05) is 24.3 Å². The van der Waals surface area contributed by atoms with Gasteiger partial charge in [0.15, 0.2) is 0 Å². The minimum absolute atomic E-state index is 0.00770. The third kappa shape index (κ3) is 3.59. The van der Waals surface area contributed by atoms with Crippen LogP contribution in [-0.4, -0.2) is 33.4 Å². The van der Waals surface area contributed by atoms with Crippen molar-refractivity contribution in [1.29, 1.82) is 0 Å². The third-order valence-corrected chi connectivity index (χ3v) is 3.36. The molecule has 2 rings (SSSR count). The molecule has 2 atom stereocenters. The lowest BCUT2D eigenvalue weighted by Crippen LogP contribution is -2.13. The van der Waals surface area contributed by atoms with Gasteiger partial charge in [-0.25, -0.2) is 0 Å². The average molecular weight is 258 g/mol. The van der Waals surface area contributed by atoms with Crippen LogP contribution in [0.5, 0.6) is 0 Å². The summed E-state index contributed by atoms with van der Waals surface area (Å²) in [6.07, 6.45) is 7.58. The Kier molecular flexibility index (Phi) is 5.01. The highest BCUT2D eigenvalue weighted by Crippen LogP contribution is 2.28. The Morgan fingerprint density at radius 1 is 0.737 bits per heavy atom. The maximum Gasteiger partial charge on any atom is 0.0499 e. The number of rotatable bonds is 6. The summed E-state index contributed by atoms with van der Waals surface area (Å²) in [5, 5.41) is 19.1. The predicted molar refractivity (Wildman–Crippen MR) is 72.7 cm³/mol. The molecular weight excluding hydrogens is 240 g/mol. The first kappa shape index (κ1) is 13.6. The van der Waals surface area contributed by atoms with Gasteiger partial charge < -0.3 is 10.2 Å². The molecule has 100 valence electrons. The summed E-state index contributed by atoms with van der Waals surface area (Å²) in [4.78, 5) is 7.96. The molecular formula is C15H18N2O2. The lowest BCUT2D eigenvalue weighted by atomic mass is 9.86. The topological polar surface area (TPSA) is 66.2 Å². The van der Waals surface area contributed by atoms with Crippen LogP contribution in [0, 0.1) is 0 Å². The molecule has 2 aromatic heterocycles. The van der Waals surface area contributed by atoms with Gasteiger partial charge in [-0.3, -0.25) is 9.97 Å². The first-order valence-corrected chi connectivity index (χ1v) is 6.36. The van der Waals surface area contributed by atoms with E-state index in [4.69, 9.17) is 0 Å². The van der Waals surface area contributed by atoms with E-state index in [1.54, 1.807) is 24.8 Å². The van der Waals surface area contributed by atoms with Gasteiger partial charge in [0.25, 0.3) is 0 Å². The highest BCUT2D eigenvalue weighted by molar-refractivity contribution is 5.20. The van der Waals surface area contributed by atoms with Gasteiger partial charge in [-0.05, 0) is 41.8 Å². The summed E-state index contributed by atoms with van der Waals surface area (Å²) in [5.41, 5.74) is 2.09. The Morgan fingerprint density at radius 3 is 1.42 bits per heavy atom. The van der Waals surface area contributed by atoms with Gasteiger partial charge in [-0.1, -0.05) is 0 Å². The van der Waals surface area contributed by atoms with Crippen LogP contribution in [0.2, 0.25) is 0 Å². The van der Waals surface area contributed by atoms with Crippen LogP contribution in [0.25, 0.3) is 0 Å². The molecule has 0 saturated heterocycles. The highest BCUT2D eigenvalue weighted by Gasteiger charge is 2.18. The first-order chi connectivity index (χ1) is 9.35. The Hall–Kier alpha value is -1.78. The Balaban J connectivity index is 2.13. The molecule has 0 spiro atoms. The summed E-state index contributed by atoms with van der Waals surface area (Å²) in [5.74, 6) is 0.0154. The summed E-state index contributed by atoms with van der Waals surface area (Å²) in [7, 11) is 0. The molecule has 0 aliphatic carbocycles. The zero-order chi connectivity index (χ0) is 13.5. The molecule has 2 unspecified atom stereocenters. The van der Waals surface area contributed by atoms with Crippen molar-refractivity contribution in [3.63, 3.8) is 0 Å². The van der Waals surface area contributed by atoms with Gasteiger partial charge in [0.1, 0.15) is 0 Å². The molecule has 0 aromatic carbocycles. The smallest absolute Gasteiger partial charge is 0.0499 e. The van der Waals surface area contributed by atoms with Crippen LogP contribution in [0.1, 0.15) is 29.4 Å². The monoisotopic (exact) mass is 258 g/mol. The van der Waals surface area contributed by atoms with Crippen molar-refractivity contribution in [2.24, 2.45) is 0 Å². The van der Waals surface area contributed by atoms with Gasteiger partial charge in [0.2, 0.25) is 0 Å². The zero-order valence-corrected chi connectivity index (χ0v) is 10.7. The molecule has 0 aliphatic rings. The molecule has 4 nitrogen and oxygen atoms in total. The van der Waals surface area contributed by atoms with Crippen molar-refractivity contribution < 1.29 is 10.2 Å². The predicted octanol–water partition coefficient (Wildman–Crippen LogP) is 1.72. The van der Waals surface area contributed by atoms with Crippen LogP contribution in [-0.2, 0) is 0 Å². The van der Waals surface area contributed by atoms with Crippen molar-refractivity contribution in [2.75, 3.05) is 13.2 Å². The summed E-state index contributed by atoms with van der Waals surface area (Å²) in [6, 6.07) is 7.62. The van der Waals surface area contributed by atoms with E-state index in [2.05, 4.69) is 9.97 Å². The number of aliphatic hydroxyl groups excluding tert-OH is 2. The summed E-state index contributed by atoms with van der Waals surface area (Å²) >= 11 is 0. The van der Waals surface area contributed by atoms with E-state index >= 15 is 0 Å². The molecule has 0 fully saturated rings. The van der Waals surface area contributed by atoms with Crippen LogP contribution >= 0.6 is 0 Å². The van der Waals surface area contributed by atoms with E-state index < -0.39 is 0 Å². The third-order valence-electron chi connectivity index (χ3n) is 3.36. The number of aromatic nitrogens is 2. The lowest BCUT2D eigenvalue weighted by Gasteiger charge is -2.21. The molecule has 2 aromatic rings. The van der Waals surface area contributed by atoms with Crippen molar-refractivity contribution >= 4 is 0 Å². The number of aliphatic hydroxyl groups is 2. The number of hydrogen-bond acceptors (Lipinski definition) is 4. The van der Waals surface area contributed by atoms with Gasteiger partial charge in [0.05, 0.1) is 0 Å². The molecule has 0 saturated carbocycles. The highest BCUT2D eigenvalue weighted by atomic mass is 16.3. The van der Waals surface area contributed by atoms with Gasteiger partial charge in [0, 0.05) is 49.8 Å². The minimum atomic E-state index is 0.00770. The lowest BCUT2D eigenvalue weighted by molar-refractivity contribution is 0.219. The molecule has 0 amide bonds. The zero-order valence-electron chi connectivity index (χ0n) is 10.7. The van der Waals surface area contributed by atoms with E-state index in [0.29, 0.717) is 6.42 Å². The summed E-state index contributed by atoms with van der Waals surface area (Å²) in [6.45, 7) is 0.122. The second-order valence-corrected chi connectivity index (χ2v) is 4.56. The number of pyridine rings is 2. The van der Waals surface area contributed by atoms with Crippen molar-refractivity contribution in [3.8, 4) is 0 Å². The number of hydrogen-bond donors (Lipinski definition) is 2.